The van der Waals surface area contributed by atoms with E-state index in [4.69, 9.17) is 11.6 Å². The Morgan fingerprint density at radius 3 is 2.62 bits per heavy atom. The number of aliphatic hydroxyl groups excluding tert-OH is 1. The number of aryl methyl sites for hydroxylation is 1. The summed E-state index contributed by atoms with van der Waals surface area (Å²) < 4.78 is 0. The van der Waals surface area contributed by atoms with Crippen molar-refractivity contribution in [2.75, 3.05) is 31.1 Å². The van der Waals surface area contributed by atoms with Crippen LogP contribution in [-0.4, -0.2) is 54.0 Å². The van der Waals surface area contributed by atoms with Crippen LogP contribution >= 0.6 is 11.6 Å². The molecule has 0 bridgehead atoms. The highest BCUT2D eigenvalue weighted by Gasteiger charge is 2.32. The lowest BCUT2D eigenvalue weighted by atomic mass is 9.89. The molecule has 206 valence electrons. The lowest BCUT2D eigenvalue weighted by Crippen LogP contribution is -2.48. The number of amides is 1. The van der Waals surface area contributed by atoms with Crippen molar-refractivity contribution in [2.45, 2.75) is 97.0 Å². The first-order valence-electron chi connectivity index (χ1n) is 14.6. The topological polar surface area (TPSA) is 60.9 Å². The number of piperazine rings is 1. The Bertz CT molecular complexity index is 894. The average molecular weight is 531 g/mol. The second kappa shape index (κ2) is 15.5. The number of unbranched alkanes of at least 4 members (excludes halogenated alkanes) is 5. The third-order valence-electron chi connectivity index (χ3n) is 8.14. The lowest BCUT2D eigenvalue weighted by molar-refractivity contribution is -0.131. The van der Waals surface area contributed by atoms with Gasteiger partial charge in [0.05, 0.1) is 6.10 Å². The van der Waals surface area contributed by atoms with Gasteiger partial charge >= 0.3 is 0 Å². The molecule has 37 heavy (non-hydrogen) atoms. The highest BCUT2D eigenvalue weighted by atomic mass is 35.5. The second-order valence-electron chi connectivity index (χ2n) is 11.0. The first-order valence-corrected chi connectivity index (χ1v) is 14.9. The van der Waals surface area contributed by atoms with E-state index in [2.05, 4.69) is 30.9 Å². The van der Waals surface area contributed by atoms with Crippen molar-refractivity contribution in [2.24, 2.45) is 11.8 Å². The number of allylic oxidation sites excluding steroid dienone is 1. The lowest BCUT2D eigenvalue weighted by Gasteiger charge is -2.37. The molecule has 3 rings (SSSR count). The molecule has 5 nitrogen and oxygen atoms in total. The van der Waals surface area contributed by atoms with Crippen molar-refractivity contribution in [3.8, 4) is 0 Å². The number of hydrogen-bond donors (Lipinski definition) is 1. The van der Waals surface area contributed by atoms with Crippen LogP contribution in [0.5, 0.6) is 0 Å². The van der Waals surface area contributed by atoms with Crippen LogP contribution in [0.2, 0.25) is 5.02 Å². The largest absolute Gasteiger partial charge is 0.389 e. The molecule has 2 fully saturated rings. The van der Waals surface area contributed by atoms with Gasteiger partial charge in [0, 0.05) is 55.6 Å². The monoisotopic (exact) mass is 530 g/mol. The fourth-order valence-corrected chi connectivity index (χ4v) is 5.95. The maximum Gasteiger partial charge on any atom is 0.222 e. The predicted octanol–water partition coefficient (Wildman–Crippen LogP) is 6.73. The van der Waals surface area contributed by atoms with E-state index in [0.717, 1.165) is 95.4 Å². The van der Waals surface area contributed by atoms with Crippen molar-refractivity contribution < 1.29 is 14.7 Å². The van der Waals surface area contributed by atoms with Crippen LogP contribution < -0.4 is 4.90 Å². The zero-order valence-electron chi connectivity index (χ0n) is 23.0. The van der Waals surface area contributed by atoms with Crippen molar-refractivity contribution >= 4 is 29.0 Å². The third-order valence-corrected chi connectivity index (χ3v) is 8.37. The summed E-state index contributed by atoms with van der Waals surface area (Å²) in [4.78, 5) is 29.5. The Morgan fingerprint density at radius 2 is 1.86 bits per heavy atom. The average Bonchev–Trinajstić information content (AvgIpc) is 3.25. The summed E-state index contributed by atoms with van der Waals surface area (Å²) >= 11 is 6.18. The smallest absolute Gasteiger partial charge is 0.222 e. The quantitative estimate of drug-likeness (QED) is 0.214. The summed E-state index contributed by atoms with van der Waals surface area (Å²) in [5.41, 5.74) is 2.38. The van der Waals surface area contributed by atoms with E-state index >= 15 is 0 Å². The van der Waals surface area contributed by atoms with Gasteiger partial charge in [-0.25, -0.2) is 0 Å². The molecule has 1 aromatic carbocycles. The van der Waals surface area contributed by atoms with Gasteiger partial charge in [-0.15, -0.1) is 0 Å². The molecule has 1 amide bonds. The van der Waals surface area contributed by atoms with Crippen molar-refractivity contribution in [3.05, 3.63) is 40.9 Å². The van der Waals surface area contributed by atoms with Gasteiger partial charge in [0.25, 0.3) is 0 Å². The molecule has 1 aliphatic heterocycles. The molecular formula is C31H47ClN2O3. The molecule has 6 heteroatoms. The van der Waals surface area contributed by atoms with Gasteiger partial charge in [-0.2, -0.15) is 0 Å². The molecule has 1 heterocycles. The van der Waals surface area contributed by atoms with Crippen LogP contribution in [0.15, 0.2) is 30.4 Å². The predicted molar refractivity (Wildman–Crippen MR) is 153 cm³/mol. The Hall–Kier alpha value is -1.85. The minimum absolute atomic E-state index is 0.111. The summed E-state index contributed by atoms with van der Waals surface area (Å²) in [6.45, 7) is 7.47. The number of benzene rings is 1. The number of carbonyl (C=O) groups excluding carboxylic acids is 2. The fraction of sp³-hybridized carbons (Fsp3) is 0.677. The minimum atomic E-state index is -0.385. The summed E-state index contributed by atoms with van der Waals surface area (Å²) in [7, 11) is 0. The molecule has 0 aromatic heterocycles. The van der Waals surface area contributed by atoms with Crippen LogP contribution in [0.1, 0.15) is 89.5 Å². The van der Waals surface area contributed by atoms with Crippen molar-refractivity contribution in [1.29, 1.82) is 0 Å². The summed E-state index contributed by atoms with van der Waals surface area (Å²) in [5.74, 6) is 1.04. The van der Waals surface area contributed by atoms with Crippen molar-refractivity contribution in [3.63, 3.8) is 0 Å². The molecule has 3 atom stereocenters. The Kier molecular flexibility index (Phi) is 12.5. The van der Waals surface area contributed by atoms with E-state index in [1.54, 1.807) is 0 Å². The third kappa shape index (κ3) is 9.44. The molecule has 1 aromatic rings. The van der Waals surface area contributed by atoms with E-state index in [-0.39, 0.29) is 23.8 Å². The van der Waals surface area contributed by atoms with Crippen LogP contribution in [-0.2, 0) is 9.59 Å². The standard InChI is InChI=1S/C31H47ClN2O3/c1-3-4-7-10-27(35)17-14-25-15-18-30(36)28(25)11-8-5-6-9-12-31(37)34-21-19-33(20-22-34)29-23-26(32)16-13-24(29)2/h13-14,16-17,23,25,27-28,35H,3-12,15,18-22H2,1-2H3/b17-14+/t25-,27+,28+/m0/s1. The van der Waals surface area contributed by atoms with Gasteiger partial charge in [0.2, 0.25) is 5.91 Å². The molecule has 1 saturated carbocycles. The van der Waals surface area contributed by atoms with E-state index in [0.29, 0.717) is 18.6 Å². The maximum absolute atomic E-state index is 12.7. The summed E-state index contributed by atoms with van der Waals surface area (Å²) in [6.07, 6.45) is 15.0. The number of carbonyl (C=O) groups is 2. The van der Waals surface area contributed by atoms with Crippen LogP contribution in [0.25, 0.3) is 0 Å². The number of rotatable bonds is 14. The first-order chi connectivity index (χ1) is 17.9. The van der Waals surface area contributed by atoms with Crippen molar-refractivity contribution in [1.82, 2.24) is 4.90 Å². The Morgan fingerprint density at radius 1 is 1.11 bits per heavy atom. The van der Waals surface area contributed by atoms with E-state index in [1.165, 1.54) is 11.3 Å². The zero-order valence-corrected chi connectivity index (χ0v) is 23.7. The molecule has 1 N–H and O–H groups in total. The molecule has 1 aliphatic carbocycles. The highest BCUT2D eigenvalue weighted by molar-refractivity contribution is 6.30. The van der Waals surface area contributed by atoms with E-state index in [1.807, 2.05) is 23.1 Å². The maximum atomic E-state index is 12.7. The summed E-state index contributed by atoms with van der Waals surface area (Å²) in [6, 6.07) is 5.99. The van der Waals surface area contributed by atoms with E-state index in [9.17, 15) is 14.7 Å². The van der Waals surface area contributed by atoms with Gasteiger partial charge in [-0.1, -0.05) is 75.3 Å². The number of anilines is 1. The molecular weight excluding hydrogens is 484 g/mol. The van der Waals surface area contributed by atoms with Crippen LogP contribution in [0, 0.1) is 18.8 Å². The van der Waals surface area contributed by atoms with Gasteiger partial charge in [-0.3, -0.25) is 9.59 Å². The molecule has 0 unspecified atom stereocenters. The van der Waals surface area contributed by atoms with E-state index < -0.39 is 0 Å². The first kappa shape index (κ1) is 29.7. The SMILES string of the molecule is CCCCC[C@@H](O)/C=C/[C@H]1CCC(=O)[C@@H]1CCCCCCC(=O)N1CCN(c2cc(Cl)ccc2C)CC1. The number of nitrogens with zero attached hydrogens (tertiary/aromatic N) is 2. The second-order valence-corrected chi connectivity index (χ2v) is 11.4. The van der Waals surface area contributed by atoms with Gasteiger partial charge < -0.3 is 14.9 Å². The van der Waals surface area contributed by atoms with Gasteiger partial charge in [-0.05, 0) is 56.2 Å². The summed E-state index contributed by atoms with van der Waals surface area (Å²) in [5, 5.41) is 10.9. The molecule has 1 saturated heterocycles. The zero-order chi connectivity index (χ0) is 26.6. The van der Waals surface area contributed by atoms with Crippen LogP contribution in [0.4, 0.5) is 5.69 Å². The number of ketones is 1. The number of aliphatic hydroxyl groups is 1. The van der Waals surface area contributed by atoms with Crippen LogP contribution in [0.3, 0.4) is 0 Å². The van der Waals surface area contributed by atoms with Gasteiger partial charge in [0.15, 0.2) is 0 Å². The number of Topliss-reactive ketones (excluding diaryl/α,β-unsaturated/α-hetero) is 1. The molecule has 2 aliphatic rings. The highest BCUT2D eigenvalue weighted by Crippen LogP contribution is 2.34. The molecule has 0 spiro atoms. The number of hydrogen-bond acceptors (Lipinski definition) is 4. The number of halogens is 1. The normalized spacial score (nSPS) is 21.2. The minimum Gasteiger partial charge on any atom is -0.389 e. The Labute approximate surface area is 229 Å². The van der Waals surface area contributed by atoms with Gasteiger partial charge in [0.1, 0.15) is 5.78 Å². The molecule has 0 radical (unpaired) electrons. The Balaban J connectivity index is 1.29. The fourth-order valence-electron chi connectivity index (χ4n) is 5.78.